The Morgan fingerprint density at radius 1 is 1.35 bits per heavy atom. The Labute approximate surface area is 98.0 Å². The highest BCUT2D eigenvalue weighted by Gasteiger charge is 2.18. The summed E-state index contributed by atoms with van der Waals surface area (Å²) >= 11 is 0. The summed E-state index contributed by atoms with van der Waals surface area (Å²) in [5.41, 5.74) is 5.44. The third kappa shape index (κ3) is 3.29. The largest absolute Gasteiger partial charge is 0.494 e. The summed E-state index contributed by atoms with van der Waals surface area (Å²) in [6.07, 6.45) is 0.264. The van der Waals surface area contributed by atoms with Crippen molar-refractivity contribution in [1.29, 1.82) is 0 Å². The van der Waals surface area contributed by atoms with Gasteiger partial charge in [0.1, 0.15) is 5.75 Å². The fraction of sp³-hybridized carbons (Fsp3) is 0.444. The molecule has 0 aliphatic heterocycles. The van der Waals surface area contributed by atoms with Crippen LogP contribution in [0.2, 0.25) is 0 Å². The molecular formula is C9H14N2O5S. The molecule has 1 aromatic rings. The second kappa shape index (κ2) is 4.86. The monoisotopic (exact) mass is 262 g/mol. The maximum Gasteiger partial charge on any atom is 0.269 e. The van der Waals surface area contributed by atoms with E-state index in [9.17, 15) is 18.3 Å². The highest BCUT2D eigenvalue weighted by atomic mass is 32.2. The predicted octanol–water partition coefficient (Wildman–Crippen LogP) is -0.722. The second-order valence-corrected chi connectivity index (χ2v) is 5.10. The molecule has 1 rings (SSSR count). The third-order valence-electron chi connectivity index (χ3n) is 2.42. The average molecular weight is 262 g/mol. The number of rotatable bonds is 4. The van der Waals surface area contributed by atoms with Gasteiger partial charge in [0.25, 0.3) is 15.7 Å². The van der Waals surface area contributed by atoms with Gasteiger partial charge in [0, 0.05) is 11.1 Å². The zero-order valence-electron chi connectivity index (χ0n) is 9.23. The first-order valence-corrected chi connectivity index (χ1v) is 6.46. The van der Waals surface area contributed by atoms with Crippen LogP contribution in [0.15, 0.2) is 4.79 Å². The molecule has 0 amide bonds. The van der Waals surface area contributed by atoms with Crippen LogP contribution in [0.3, 0.4) is 0 Å². The average Bonchev–Trinajstić information content (AvgIpc) is 2.18. The lowest BCUT2D eigenvalue weighted by molar-refractivity contribution is 0.440. The van der Waals surface area contributed by atoms with Crippen molar-refractivity contribution in [2.75, 3.05) is 6.54 Å². The molecular weight excluding hydrogens is 248 g/mol. The van der Waals surface area contributed by atoms with E-state index in [1.54, 1.807) is 0 Å². The quantitative estimate of drug-likeness (QED) is 0.529. The van der Waals surface area contributed by atoms with Crippen molar-refractivity contribution < 1.29 is 18.1 Å². The fourth-order valence-electron chi connectivity index (χ4n) is 1.59. The van der Waals surface area contributed by atoms with Crippen LogP contribution < -0.4 is 11.3 Å². The lowest BCUT2D eigenvalue weighted by atomic mass is 10.0. The maximum absolute atomic E-state index is 11.5. The number of H-pyrrole nitrogens is 1. The van der Waals surface area contributed by atoms with Gasteiger partial charge >= 0.3 is 0 Å². The van der Waals surface area contributed by atoms with E-state index in [0.717, 1.165) is 0 Å². The van der Waals surface area contributed by atoms with Crippen molar-refractivity contribution in [2.24, 2.45) is 5.73 Å². The number of hydrogen-bond donors (Lipinski definition) is 4. The van der Waals surface area contributed by atoms with Crippen molar-refractivity contribution in [3.63, 3.8) is 0 Å². The first-order chi connectivity index (χ1) is 7.76. The molecule has 0 fully saturated rings. The molecule has 8 heteroatoms. The minimum Gasteiger partial charge on any atom is -0.494 e. The number of aromatic nitrogens is 1. The molecule has 0 bridgehead atoms. The van der Waals surface area contributed by atoms with Crippen LogP contribution in [0.1, 0.15) is 16.7 Å². The van der Waals surface area contributed by atoms with Gasteiger partial charge in [-0.1, -0.05) is 0 Å². The topological polar surface area (TPSA) is 133 Å². The normalized spacial score (nSPS) is 11.7. The van der Waals surface area contributed by atoms with E-state index in [4.69, 9.17) is 10.3 Å². The van der Waals surface area contributed by atoms with Gasteiger partial charge in [0.15, 0.2) is 5.88 Å². The Morgan fingerprint density at radius 2 is 1.94 bits per heavy atom. The highest BCUT2D eigenvalue weighted by Crippen LogP contribution is 2.21. The molecule has 0 saturated carbocycles. The minimum atomic E-state index is -4.28. The summed E-state index contributed by atoms with van der Waals surface area (Å²) in [5, 5.41) is 9.47. The lowest BCUT2D eigenvalue weighted by Crippen LogP contribution is -2.20. The Bertz CT molecular complexity index is 576. The summed E-state index contributed by atoms with van der Waals surface area (Å²) in [6.45, 7) is 1.72. The second-order valence-electron chi connectivity index (χ2n) is 3.65. The number of hydrogen-bond acceptors (Lipinski definition) is 5. The molecule has 0 unspecified atom stereocenters. The molecule has 0 aliphatic carbocycles. The van der Waals surface area contributed by atoms with Crippen LogP contribution >= 0.6 is 0 Å². The molecule has 0 aliphatic rings. The van der Waals surface area contributed by atoms with Gasteiger partial charge in [0.05, 0.1) is 0 Å². The van der Waals surface area contributed by atoms with E-state index in [0.29, 0.717) is 11.1 Å². The molecule has 0 atom stereocenters. The van der Waals surface area contributed by atoms with Crippen molar-refractivity contribution in [2.45, 2.75) is 19.1 Å². The summed E-state index contributed by atoms with van der Waals surface area (Å²) in [5.74, 6) is -1.30. The van der Waals surface area contributed by atoms with E-state index >= 15 is 0 Å². The standard InChI is InChI=1S/C9H14N2O5S/c1-5-6(2-3-10)8(12)11-9(13)7(5)4-17(14,15)16/h2-4,10H2,1H3,(H2,11,12,13)(H,14,15,16). The molecule has 1 aromatic heterocycles. The van der Waals surface area contributed by atoms with Crippen molar-refractivity contribution in [3.05, 3.63) is 27.0 Å². The molecule has 17 heavy (non-hydrogen) atoms. The van der Waals surface area contributed by atoms with E-state index in [-0.39, 0.29) is 18.5 Å². The van der Waals surface area contributed by atoms with E-state index < -0.39 is 27.3 Å². The van der Waals surface area contributed by atoms with Gasteiger partial charge < -0.3 is 10.8 Å². The van der Waals surface area contributed by atoms with Crippen LogP contribution in [-0.4, -0.2) is 29.6 Å². The zero-order chi connectivity index (χ0) is 13.2. The van der Waals surface area contributed by atoms with Crippen molar-refractivity contribution in [1.82, 2.24) is 4.98 Å². The molecule has 0 spiro atoms. The summed E-state index contributed by atoms with van der Waals surface area (Å²) in [7, 11) is -4.28. The first-order valence-electron chi connectivity index (χ1n) is 4.85. The molecule has 96 valence electrons. The summed E-state index contributed by atoms with van der Waals surface area (Å²) in [6, 6.07) is 0. The van der Waals surface area contributed by atoms with Gasteiger partial charge in [-0.3, -0.25) is 14.3 Å². The molecule has 0 aromatic carbocycles. The highest BCUT2D eigenvalue weighted by molar-refractivity contribution is 7.85. The third-order valence-corrected chi connectivity index (χ3v) is 3.07. The summed E-state index contributed by atoms with van der Waals surface area (Å²) < 4.78 is 30.3. The SMILES string of the molecule is Cc1c(CS(=O)(=O)O)c(O)[nH]c(=O)c1CCN. The molecule has 1 heterocycles. The van der Waals surface area contributed by atoms with Gasteiger partial charge in [-0.25, -0.2) is 0 Å². The number of nitrogens with two attached hydrogens (primary N) is 1. The van der Waals surface area contributed by atoms with E-state index in [1.807, 2.05) is 0 Å². The Kier molecular flexibility index (Phi) is 3.91. The Balaban J connectivity index is 3.40. The number of nitrogens with one attached hydrogen (secondary N) is 1. The first kappa shape index (κ1) is 13.7. The number of aromatic hydroxyl groups is 1. The van der Waals surface area contributed by atoms with Crippen LogP contribution in [0.5, 0.6) is 5.88 Å². The molecule has 0 radical (unpaired) electrons. The van der Waals surface area contributed by atoms with Crippen molar-refractivity contribution in [3.8, 4) is 5.88 Å². The zero-order valence-corrected chi connectivity index (χ0v) is 10.0. The number of pyridine rings is 1. The maximum atomic E-state index is 11.5. The Hall–Kier alpha value is -1.38. The summed E-state index contributed by atoms with van der Waals surface area (Å²) in [4.78, 5) is 13.6. The van der Waals surface area contributed by atoms with E-state index in [1.165, 1.54) is 6.92 Å². The van der Waals surface area contributed by atoms with Crippen LogP contribution in [0.4, 0.5) is 0 Å². The van der Waals surface area contributed by atoms with Crippen LogP contribution in [0, 0.1) is 6.92 Å². The minimum absolute atomic E-state index is 0.0180. The molecule has 5 N–H and O–H groups in total. The van der Waals surface area contributed by atoms with Gasteiger partial charge in [-0.15, -0.1) is 0 Å². The van der Waals surface area contributed by atoms with E-state index in [2.05, 4.69) is 4.98 Å². The van der Waals surface area contributed by atoms with Gasteiger partial charge in [-0.05, 0) is 25.5 Å². The van der Waals surface area contributed by atoms with Crippen LogP contribution in [-0.2, 0) is 22.3 Å². The van der Waals surface area contributed by atoms with Gasteiger partial charge in [-0.2, -0.15) is 8.42 Å². The number of aromatic amines is 1. The smallest absolute Gasteiger partial charge is 0.269 e. The molecule has 0 saturated heterocycles. The van der Waals surface area contributed by atoms with Crippen molar-refractivity contribution >= 4 is 10.1 Å². The Morgan fingerprint density at radius 3 is 2.41 bits per heavy atom. The molecule has 7 nitrogen and oxygen atoms in total. The predicted molar refractivity (Wildman–Crippen MR) is 61.5 cm³/mol. The van der Waals surface area contributed by atoms with Crippen LogP contribution in [0.25, 0.3) is 0 Å². The lowest BCUT2D eigenvalue weighted by Gasteiger charge is -2.10. The van der Waals surface area contributed by atoms with Gasteiger partial charge in [0.2, 0.25) is 0 Å². The fourth-order valence-corrected chi connectivity index (χ4v) is 2.31.